The fourth-order valence-electron chi connectivity index (χ4n) is 3.99. The Kier molecular flexibility index (Phi) is 3.81. The van der Waals surface area contributed by atoms with Crippen molar-refractivity contribution in [1.82, 2.24) is 15.2 Å². The summed E-state index contributed by atoms with van der Waals surface area (Å²) in [6, 6.07) is 4.95. The Morgan fingerprint density at radius 3 is 2.78 bits per heavy atom. The molecule has 1 unspecified atom stereocenters. The summed E-state index contributed by atoms with van der Waals surface area (Å²) in [6.07, 6.45) is 6.02. The molecule has 3 heterocycles. The highest BCUT2D eigenvalue weighted by Crippen LogP contribution is 2.33. The van der Waals surface area contributed by atoms with Crippen LogP contribution in [-0.4, -0.2) is 41.5 Å². The minimum absolute atomic E-state index is 0.0302. The Bertz CT molecular complexity index is 712. The lowest BCUT2D eigenvalue weighted by molar-refractivity contribution is -0.134. The summed E-state index contributed by atoms with van der Waals surface area (Å²) in [6.45, 7) is 2.59. The van der Waals surface area contributed by atoms with E-state index in [0.717, 1.165) is 56.2 Å². The predicted molar refractivity (Wildman–Crippen MR) is 87.8 cm³/mol. The first-order chi connectivity index (χ1) is 11.2. The highest BCUT2D eigenvalue weighted by molar-refractivity contribution is 5.84. The molecule has 5 heteroatoms. The number of H-pyrrole nitrogens is 1. The van der Waals surface area contributed by atoms with Gasteiger partial charge in [-0.05, 0) is 61.9 Å². The van der Waals surface area contributed by atoms with Crippen molar-refractivity contribution >= 4 is 16.8 Å². The largest absolute Gasteiger partial charge is 0.361 e. The van der Waals surface area contributed by atoms with Gasteiger partial charge >= 0.3 is 0 Å². The zero-order chi connectivity index (χ0) is 15.8. The van der Waals surface area contributed by atoms with E-state index in [-0.39, 0.29) is 17.8 Å². The van der Waals surface area contributed by atoms with Crippen molar-refractivity contribution in [3.63, 3.8) is 0 Å². The van der Waals surface area contributed by atoms with E-state index >= 15 is 0 Å². The van der Waals surface area contributed by atoms with Crippen molar-refractivity contribution in [3.05, 3.63) is 35.8 Å². The van der Waals surface area contributed by atoms with Gasteiger partial charge in [-0.2, -0.15) is 0 Å². The molecule has 1 aromatic carbocycles. The molecule has 2 N–H and O–H groups in total. The maximum atomic E-state index is 13.3. The maximum absolute atomic E-state index is 13.3. The van der Waals surface area contributed by atoms with Crippen LogP contribution in [0.2, 0.25) is 0 Å². The second-order valence-corrected chi connectivity index (χ2v) is 6.68. The number of hydrogen-bond acceptors (Lipinski definition) is 2. The summed E-state index contributed by atoms with van der Waals surface area (Å²) in [5, 5.41) is 4.40. The number of carbonyl (C=O) groups is 1. The Morgan fingerprint density at radius 1 is 1.22 bits per heavy atom. The molecule has 2 fully saturated rings. The average molecular weight is 315 g/mol. The molecule has 2 aliphatic heterocycles. The molecule has 122 valence electrons. The zero-order valence-electron chi connectivity index (χ0n) is 13.1. The third kappa shape index (κ3) is 2.74. The number of hydrogen-bond donors (Lipinski definition) is 2. The SMILES string of the molecule is O=C(C1CCCN1)N1CCC(c2c[nH]c3cc(F)ccc23)CC1. The van der Waals surface area contributed by atoms with Crippen LogP contribution in [0.3, 0.4) is 0 Å². The molecular formula is C18H22FN3O. The smallest absolute Gasteiger partial charge is 0.239 e. The number of benzene rings is 1. The average Bonchev–Trinajstić information content (AvgIpc) is 3.23. The maximum Gasteiger partial charge on any atom is 0.239 e. The number of carbonyl (C=O) groups excluding carboxylic acids is 1. The third-order valence-corrected chi connectivity index (χ3v) is 5.28. The lowest BCUT2D eigenvalue weighted by Gasteiger charge is -2.33. The minimum atomic E-state index is -0.213. The van der Waals surface area contributed by atoms with Crippen LogP contribution < -0.4 is 5.32 Å². The first-order valence-corrected chi connectivity index (χ1v) is 8.51. The van der Waals surface area contributed by atoms with Gasteiger partial charge in [-0.25, -0.2) is 4.39 Å². The fourth-order valence-corrected chi connectivity index (χ4v) is 3.99. The summed E-state index contributed by atoms with van der Waals surface area (Å²) >= 11 is 0. The molecule has 0 radical (unpaired) electrons. The highest BCUT2D eigenvalue weighted by Gasteiger charge is 2.30. The van der Waals surface area contributed by atoms with Gasteiger partial charge in [0.1, 0.15) is 5.82 Å². The molecule has 1 aromatic heterocycles. The van der Waals surface area contributed by atoms with E-state index < -0.39 is 0 Å². The molecule has 0 saturated carbocycles. The minimum Gasteiger partial charge on any atom is -0.361 e. The quantitative estimate of drug-likeness (QED) is 0.895. The van der Waals surface area contributed by atoms with Crippen molar-refractivity contribution in [2.45, 2.75) is 37.6 Å². The van der Waals surface area contributed by atoms with Crippen LogP contribution in [0, 0.1) is 5.82 Å². The van der Waals surface area contributed by atoms with Crippen LogP contribution in [0.15, 0.2) is 24.4 Å². The molecule has 2 saturated heterocycles. The summed E-state index contributed by atoms with van der Waals surface area (Å²) in [5.74, 6) is 0.493. The van der Waals surface area contributed by atoms with Crippen LogP contribution in [0.25, 0.3) is 10.9 Å². The number of rotatable bonds is 2. The normalized spacial score (nSPS) is 22.8. The molecule has 2 aliphatic rings. The van der Waals surface area contributed by atoms with Gasteiger partial charge in [0.2, 0.25) is 5.91 Å². The van der Waals surface area contributed by atoms with Crippen molar-refractivity contribution in [2.24, 2.45) is 0 Å². The van der Waals surface area contributed by atoms with Gasteiger partial charge in [0.25, 0.3) is 0 Å². The van der Waals surface area contributed by atoms with Crippen LogP contribution in [0.1, 0.15) is 37.2 Å². The number of halogens is 1. The van der Waals surface area contributed by atoms with Gasteiger partial charge in [0.05, 0.1) is 6.04 Å². The van der Waals surface area contributed by atoms with E-state index in [2.05, 4.69) is 10.3 Å². The topological polar surface area (TPSA) is 48.1 Å². The molecule has 2 aromatic rings. The molecular weight excluding hydrogens is 293 g/mol. The molecule has 23 heavy (non-hydrogen) atoms. The standard InChI is InChI=1S/C18H22FN3O/c19-13-3-4-14-15(11-21-17(14)10-13)12-5-8-22(9-6-12)18(23)16-2-1-7-20-16/h3-4,10-12,16,20-21H,1-2,5-9H2. The van der Waals surface area contributed by atoms with Gasteiger partial charge in [-0.15, -0.1) is 0 Å². The second-order valence-electron chi connectivity index (χ2n) is 6.68. The molecule has 0 spiro atoms. The van der Waals surface area contributed by atoms with Crippen molar-refractivity contribution in [3.8, 4) is 0 Å². The van der Waals surface area contributed by atoms with Gasteiger partial charge < -0.3 is 15.2 Å². The molecule has 4 rings (SSSR count). The molecule has 0 bridgehead atoms. The van der Waals surface area contributed by atoms with E-state index in [9.17, 15) is 9.18 Å². The molecule has 4 nitrogen and oxygen atoms in total. The number of nitrogens with one attached hydrogen (secondary N) is 2. The number of piperidine rings is 1. The molecule has 1 amide bonds. The van der Waals surface area contributed by atoms with Crippen LogP contribution >= 0.6 is 0 Å². The van der Waals surface area contributed by atoms with Crippen LogP contribution in [0.4, 0.5) is 4.39 Å². The number of aromatic nitrogens is 1. The Labute approximate surface area is 135 Å². The lowest BCUT2D eigenvalue weighted by atomic mass is 9.89. The van der Waals surface area contributed by atoms with E-state index in [1.54, 1.807) is 6.07 Å². The molecule has 1 atom stereocenters. The van der Waals surface area contributed by atoms with E-state index in [4.69, 9.17) is 0 Å². The monoisotopic (exact) mass is 315 g/mol. The van der Waals surface area contributed by atoms with Crippen LogP contribution in [-0.2, 0) is 4.79 Å². The summed E-state index contributed by atoms with van der Waals surface area (Å²) in [4.78, 5) is 17.6. The Hall–Kier alpha value is -1.88. The van der Waals surface area contributed by atoms with Crippen molar-refractivity contribution in [1.29, 1.82) is 0 Å². The Morgan fingerprint density at radius 2 is 2.04 bits per heavy atom. The van der Waals surface area contributed by atoms with Crippen molar-refractivity contribution < 1.29 is 9.18 Å². The first kappa shape index (κ1) is 14.7. The van der Waals surface area contributed by atoms with Gasteiger partial charge in [-0.1, -0.05) is 0 Å². The number of nitrogens with zero attached hydrogens (tertiary/aromatic N) is 1. The lowest BCUT2D eigenvalue weighted by Crippen LogP contribution is -2.46. The van der Waals surface area contributed by atoms with E-state index in [0.29, 0.717) is 5.92 Å². The van der Waals surface area contributed by atoms with Crippen LogP contribution in [0.5, 0.6) is 0 Å². The zero-order valence-corrected chi connectivity index (χ0v) is 13.1. The number of fused-ring (bicyclic) bond motifs is 1. The first-order valence-electron chi connectivity index (χ1n) is 8.51. The third-order valence-electron chi connectivity index (χ3n) is 5.28. The van der Waals surface area contributed by atoms with Gasteiger partial charge in [-0.3, -0.25) is 4.79 Å². The second kappa shape index (κ2) is 5.96. The Balaban J connectivity index is 1.45. The highest BCUT2D eigenvalue weighted by atomic mass is 19.1. The fraction of sp³-hybridized carbons (Fsp3) is 0.500. The molecule has 0 aliphatic carbocycles. The summed E-state index contributed by atoms with van der Waals surface area (Å²) < 4.78 is 13.3. The summed E-state index contributed by atoms with van der Waals surface area (Å²) in [7, 11) is 0. The summed E-state index contributed by atoms with van der Waals surface area (Å²) in [5.41, 5.74) is 2.11. The number of amides is 1. The van der Waals surface area contributed by atoms with Crippen molar-refractivity contribution in [2.75, 3.05) is 19.6 Å². The van der Waals surface area contributed by atoms with E-state index in [1.807, 2.05) is 17.2 Å². The van der Waals surface area contributed by atoms with Gasteiger partial charge in [0.15, 0.2) is 0 Å². The van der Waals surface area contributed by atoms with Gasteiger partial charge in [0, 0.05) is 30.2 Å². The van der Waals surface area contributed by atoms with E-state index in [1.165, 1.54) is 11.6 Å². The predicted octanol–water partition coefficient (Wildman–Crippen LogP) is 2.77. The number of aromatic amines is 1. The number of likely N-dealkylation sites (tertiary alicyclic amines) is 1.